The maximum atomic E-state index is 5.33. The van der Waals surface area contributed by atoms with Crippen LogP contribution in [0.2, 0.25) is 0 Å². The van der Waals surface area contributed by atoms with Gasteiger partial charge in [0.1, 0.15) is 6.33 Å². The van der Waals surface area contributed by atoms with Crippen molar-refractivity contribution < 1.29 is 4.42 Å². The van der Waals surface area contributed by atoms with E-state index in [1.54, 1.807) is 23.3 Å². The van der Waals surface area contributed by atoms with Gasteiger partial charge in [0.05, 0.1) is 17.8 Å². The molecule has 0 saturated carbocycles. The largest absolute Gasteiger partial charge is 0.461 e. The zero-order chi connectivity index (χ0) is 13.5. The van der Waals surface area contributed by atoms with Crippen LogP contribution in [0, 0.1) is 0 Å². The van der Waals surface area contributed by atoms with Crippen molar-refractivity contribution in [2.24, 2.45) is 0 Å². The summed E-state index contributed by atoms with van der Waals surface area (Å²) < 4.78 is 8.86. The van der Waals surface area contributed by atoms with E-state index >= 15 is 0 Å². The normalized spacial score (nSPS) is 11.7. The van der Waals surface area contributed by atoms with Crippen molar-refractivity contribution in [3.05, 3.63) is 30.9 Å². The lowest BCUT2D eigenvalue weighted by molar-refractivity contribution is 0.577. The van der Waals surface area contributed by atoms with E-state index in [9.17, 15) is 0 Å². The van der Waals surface area contributed by atoms with Crippen LogP contribution in [0.15, 0.2) is 35.3 Å². The van der Waals surface area contributed by atoms with Gasteiger partial charge in [0.25, 0.3) is 0 Å². The predicted molar refractivity (Wildman–Crippen MR) is 72.1 cm³/mol. The molecule has 0 spiro atoms. The number of fused-ring (bicyclic) bond motifs is 3. The molecule has 4 aromatic heterocycles. The zero-order valence-corrected chi connectivity index (χ0v) is 10.9. The molecule has 100 valence electrons. The fraction of sp³-hybridized carbons (Fsp3) is 0.231. The first-order chi connectivity index (χ1) is 9.86. The molecule has 7 nitrogen and oxygen atoms in total. The van der Waals surface area contributed by atoms with Gasteiger partial charge in [-0.1, -0.05) is 6.92 Å². The van der Waals surface area contributed by atoms with Gasteiger partial charge in [0, 0.05) is 6.54 Å². The van der Waals surface area contributed by atoms with Gasteiger partial charge in [-0.05, 0) is 18.6 Å². The summed E-state index contributed by atoms with van der Waals surface area (Å²) in [5.74, 6) is 1.19. The van der Waals surface area contributed by atoms with Gasteiger partial charge in [0.15, 0.2) is 17.1 Å². The summed E-state index contributed by atoms with van der Waals surface area (Å²) in [5, 5.41) is 9.62. The van der Waals surface area contributed by atoms with Gasteiger partial charge < -0.3 is 4.42 Å². The number of rotatable bonds is 3. The van der Waals surface area contributed by atoms with Gasteiger partial charge in [-0.2, -0.15) is 5.10 Å². The van der Waals surface area contributed by atoms with Gasteiger partial charge in [-0.3, -0.25) is 0 Å². The minimum atomic E-state index is 0.549. The molecule has 0 bridgehead atoms. The first-order valence-electron chi connectivity index (χ1n) is 6.47. The van der Waals surface area contributed by atoms with Crippen molar-refractivity contribution >= 4 is 16.7 Å². The summed E-state index contributed by atoms with van der Waals surface area (Å²) >= 11 is 0. The Hall–Kier alpha value is -2.70. The molecular formula is C13H12N6O. The number of aromatic nitrogens is 6. The highest BCUT2D eigenvalue weighted by atomic mass is 16.3. The van der Waals surface area contributed by atoms with Crippen LogP contribution in [0.4, 0.5) is 0 Å². The molecule has 0 amide bonds. The molecule has 4 rings (SSSR count). The van der Waals surface area contributed by atoms with Crippen LogP contribution in [-0.4, -0.2) is 29.4 Å². The van der Waals surface area contributed by atoms with Crippen molar-refractivity contribution in [3.8, 4) is 11.6 Å². The monoisotopic (exact) mass is 268 g/mol. The maximum absolute atomic E-state index is 5.33. The molecule has 4 heterocycles. The van der Waals surface area contributed by atoms with E-state index in [2.05, 4.69) is 27.1 Å². The Kier molecular flexibility index (Phi) is 2.32. The van der Waals surface area contributed by atoms with Crippen LogP contribution in [0.5, 0.6) is 0 Å². The van der Waals surface area contributed by atoms with Crippen molar-refractivity contribution in [3.63, 3.8) is 0 Å². The molecule has 0 aliphatic heterocycles. The Labute approximate surface area is 113 Å². The van der Waals surface area contributed by atoms with E-state index in [1.165, 1.54) is 0 Å². The van der Waals surface area contributed by atoms with Crippen LogP contribution < -0.4 is 0 Å². The Balaban J connectivity index is 1.96. The van der Waals surface area contributed by atoms with Crippen molar-refractivity contribution in [2.75, 3.05) is 0 Å². The minimum Gasteiger partial charge on any atom is -0.461 e. The molecule has 0 radical (unpaired) electrons. The van der Waals surface area contributed by atoms with Crippen LogP contribution in [0.1, 0.15) is 13.3 Å². The maximum Gasteiger partial charge on any atom is 0.217 e. The molecule has 0 N–H and O–H groups in total. The Morgan fingerprint density at radius 3 is 3.05 bits per heavy atom. The van der Waals surface area contributed by atoms with E-state index < -0.39 is 0 Å². The first kappa shape index (κ1) is 11.2. The fourth-order valence-corrected chi connectivity index (χ4v) is 2.26. The van der Waals surface area contributed by atoms with Crippen molar-refractivity contribution in [2.45, 2.75) is 19.9 Å². The lowest BCUT2D eigenvalue weighted by Gasteiger charge is -1.99. The number of nitrogens with zero attached hydrogens (tertiary/aromatic N) is 6. The van der Waals surface area contributed by atoms with Crippen LogP contribution in [-0.2, 0) is 6.54 Å². The average molecular weight is 268 g/mol. The second kappa shape index (κ2) is 4.16. The summed E-state index contributed by atoms with van der Waals surface area (Å²) in [7, 11) is 0. The third-order valence-corrected chi connectivity index (χ3v) is 3.15. The molecule has 0 aromatic carbocycles. The van der Waals surface area contributed by atoms with Gasteiger partial charge in [-0.25, -0.2) is 19.2 Å². The van der Waals surface area contributed by atoms with Crippen molar-refractivity contribution in [1.29, 1.82) is 0 Å². The highest BCUT2D eigenvalue weighted by Crippen LogP contribution is 2.21. The van der Waals surface area contributed by atoms with Gasteiger partial charge in [0.2, 0.25) is 5.82 Å². The molecule has 20 heavy (non-hydrogen) atoms. The highest BCUT2D eigenvalue weighted by molar-refractivity contribution is 5.88. The van der Waals surface area contributed by atoms with Crippen LogP contribution in [0.25, 0.3) is 28.3 Å². The molecule has 7 heteroatoms. The SMILES string of the molecule is CCCn1ncc2c1ncn1nc(-c3ccco3)nc21. The molecule has 0 fully saturated rings. The van der Waals surface area contributed by atoms with Gasteiger partial charge >= 0.3 is 0 Å². The van der Waals surface area contributed by atoms with E-state index in [1.807, 2.05) is 16.8 Å². The molecule has 0 atom stereocenters. The lowest BCUT2D eigenvalue weighted by Crippen LogP contribution is -2.00. The second-order valence-electron chi connectivity index (χ2n) is 4.53. The van der Waals surface area contributed by atoms with Crippen molar-refractivity contribution in [1.82, 2.24) is 29.4 Å². The van der Waals surface area contributed by atoms with E-state index in [-0.39, 0.29) is 0 Å². The smallest absolute Gasteiger partial charge is 0.217 e. The standard InChI is InChI=1S/C13H12N6O/c1-2-5-18-12-9(7-15-18)13-16-11(10-4-3-6-20-10)17-19(13)8-14-12/h3-4,6-8H,2,5H2,1H3. The predicted octanol–water partition coefficient (Wildman–Crippen LogP) is 2.14. The zero-order valence-electron chi connectivity index (χ0n) is 10.9. The Morgan fingerprint density at radius 1 is 1.30 bits per heavy atom. The summed E-state index contributed by atoms with van der Waals surface area (Å²) in [5.41, 5.74) is 1.57. The third-order valence-electron chi connectivity index (χ3n) is 3.15. The third kappa shape index (κ3) is 1.52. The average Bonchev–Trinajstić information content (AvgIpc) is 3.17. The molecule has 0 unspecified atom stereocenters. The number of hydrogen-bond donors (Lipinski definition) is 0. The summed E-state index contributed by atoms with van der Waals surface area (Å²) in [4.78, 5) is 8.93. The number of furan rings is 1. The van der Waals surface area contributed by atoms with Gasteiger partial charge in [-0.15, -0.1) is 5.10 Å². The fourth-order valence-electron chi connectivity index (χ4n) is 2.26. The quantitative estimate of drug-likeness (QED) is 0.569. The topological polar surface area (TPSA) is 74.0 Å². The molecule has 0 saturated heterocycles. The summed E-state index contributed by atoms with van der Waals surface area (Å²) in [6.45, 7) is 2.95. The Bertz CT molecular complexity index is 873. The highest BCUT2D eigenvalue weighted by Gasteiger charge is 2.14. The second-order valence-corrected chi connectivity index (χ2v) is 4.53. The molecule has 0 aliphatic rings. The van der Waals surface area contributed by atoms with Crippen LogP contribution in [0.3, 0.4) is 0 Å². The Morgan fingerprint density at radius 2 is 2.25 bits per heavy atom. The lowest BCUT2D eigenvalue weighted by atomic mass is 10.4. The summed E-state index contributed by atoms with van der Waals surface area (Å²) in [6, 6.07) is 3.65. The summed E-state index contributed by atoms with van der Waals surface area (Å²) in [6.07, 6.45) is 6.06. The van der Waals surface area contributed by atoms with Crippen LogP contribution >= 0.6 is 0 Å². The molecular weight excluding hydrogens is 256 g/mol. The van der Waals surface area contributed by atoms with E-state index in [4.69, 9.17) is 4.42 Å². The number of aryl methyl sites for hydroxylation is 1. The van der Waals surface area contributed by atoms with E-state index in [0.717, 1.165) is 29.6 Å². The minimum absolute atomic E-state index is 0.549. The first-order valence-corrected chi connectivity index (χ1v) is 6.47. The van der Waals surface area contributed by atoms with E-state index in [0.29, 0.717) is 11.6 Å². The molecule has 0 aliphatic carbocycles. The molecule has 4 aromatic rings. The number of hydrogen-bond acceptors (Lipinski definition) is 5.